The average Bonchev–Trinajstić information content (AvgIpc) is 3.32. The van der Waals surface area contributed by atoms with E-state index in [0.29, 0.717) is 18.3 Å². The summed E-state index contributed by atoms with van der Waals surface area (Å²) >= 11 is 0. The van der Waals surface area contributed by atoms with Gasteiger partial charge in [-0.05, 0) is 30.9 Å². The third kappa shape index (κ3) is 2.93. The van der Waals surface area contributed by atoms with Crippen molar-refractivity contribution in [3.63, 3.8) is 0 Å². The van der Waals surface area contributed by atoms with Gasteiger partial charge >= 0.3 is 0 Å². The largest absolute Gasteiger partial charge is 0.395 e. The number of aromatic nitrogens is 3. The van der Waals surface area contributed by atoms with Gasteiger partial charge in [-0.25, -0.2) is 4.98 Å². The van der Waals surface area contributed by atoms with Crippen LogP contribution in [0, 0.1) is 0 Å². The molecular formula is C19H23N5O. The summed E-state index contributed by atoms with van der Waals surface area (Å²) in [5, 5.41) is 20.7. The lowest BCUT2D eigenvalue weighted by Crippen LogP contribution is -2.12. The molecule has 4 rings (SSSR count). The first-order chi connectivity index (χ1) is 12.3. The van der Waals surface area contributed by atoms with Crippen LogP contribution in [0.2, 0.25) is 0 Å². The highest BCUT2D eigenvalue weighted by Crippen LogP contribution is 2.43. The summed E-state index contributed by atoms with van der Waals surface area (Å²) in [4.78, 5) is 4.70. The predicted octanol–water partition coefficient (Wildman–Crippen LogP) is 3.27. The van der Waals surface area contributed by atoms with Crippen LogP contribution < -0.4 is 11.1 Å². The van der Waals surface area contributed by atoms with Crippen molar-refractivity contribution in [3.05, 3.63) is 36.0 Å². The molecule has 0 bridgehead atoms. The molecule has 1 fully saturated rings. The van der Waals surface area contributed by atoms with Crippen LogP contribution >= 0.6 is 0 Å². The summed E-state index contributed by atoms with van der Waals surface area (Å²) in [5.74, 6) is 1.05. The first-order valence-electron chi connectivity index (χ1n) is 8.85. The van der Waals surface area contributed by atoms with Gasteiger partial charge < -0.3 is 16.2 Å². The van der Waals surface area contributed by atoms with Crippen LogP contribution in [0.4, 0.5) is 11.5 Å². The standard InChI is InChI=1S/C19H23N5O/c20-19-17(12-3-1-2-4-12)18(21-9-10-25)14-6-5-13(11-16(14)23-19)15-7-8-22-24-15/h5-8,11-12,25H,1-4,9-10H2,(H,22,24)(H3,20,21,23). The molecule has 0 saturated heterocycles. The second kappa shape index (κ2) is 6.72. The van der Waals surface area contributed by atoms with Crippen LogP contribution in [0.3, 0.4) is 0 Å². The van der Waals surface area contributed by atoms with Crippen molar-refractivity contribution >= 4 is 22.4 Å². The van der Waals surface area contributed by atoms with Crippen LogP contribution in [0.1, 0.15) is 37.2 Å². The van der Waals surface area contributed by atoms with Gasteiger partial charge in [-0.15, -0.1) is 0 Å². The highest BCUT2D eigenvalue weighted by Gasteiger charge is 2.25. The van der Waals surface area contributed by atoms with Crippen molar-refractivity contribution in [2.75, 3.05) is 24.2 Å². The van der Waals surface area contributed by atoms with E-state index in [1.54, 1.807) is 6.20 Å². The van der Waals surface area contributed by atoms with Crippen molar-refractivity contribution in [2.24, 2.45) is 0 Å². The Kier molecular flexibility index (Phi) is 4.28. The summed E-state index contributed by atoms with van der Waals surface area (Å²) in [6.45, 7) is 0.584. The molecular weight excluding hydrogens is 314 g/mol. The summed E-state index contributed by atoms with van der Waals surface area (Å²) in [6.07, 6.45) is 6.51. The van der Waals surface area contributed by atoms with Gasteiger partial charge in [0.2, 0.25) is 0 Å². The highest BCUT2D eigenvalue weighted by molar-refractivity contribution is 5.97. The van der Waals surface area contributed by atoms with Gasteiger partial charge in [0.05, 0.1) is 23.5 Å². The molecule has 2 heterocycles. The van der Waals surface area contributed by atoms with Gasteiger partial charge in [0.15, 0.2) is 0 Å². The van der Waals surface area contributed by atoms with Crippen molar-refractivity contribution in [1.29, 1.82) is 0 Å². The van der Waals surface area contributed by atoms with E-state index in [0.717, 1.165) is 46.3 Å². The normalized spacial score (nSPS) is 15.1. The minimum Gasteiger partial charge on any atom is -0.395 e. The molecule has 0 radical (unpaired) electrons. The third-order valence-electron chi connectivity index (χ3n) is 5.04. The molecule has 0 aliphatic heterocycles. The number of fused-ring (bicyclic) bond motifs is 1. The maximum absolute atomic E-state index is 9.27. The van der Waals surface area contributed by atoms with E-state index in [9.17, 15) is 5.11 Å². The summed E-state index contributed by atoms with van der Waals surface area (Å²) < 4.78 is 0. The number of aliphatic hydroxyl groups excluding tert-OH is 1. The number of H-pyrrole nitrogens is 1. The van der Waals surface area contributed by atoms with Crippen LogP contribution in [0.25, 0.3) is 22.2 Å². The number of pyridine rings is 1. The fraction of sp³-hybridized carbons (Fsp3) is 0.368. The lowest BCUT2D eigenvalue weighted by molar-refractivity contribution is 0.311. The number of benzene rings is 1. The van der Waals surface area contributed by atoms with Gasteiger partial charge in [0.1, 0.15) is 5.82 Å². The molecule has 0 amide bonds. The van der Waals surface area contributed by atoms with E-state index in [2.05, 4.69) is 27.6 Å². The van der Waals surface area contributed by atoms with Crippen LogP contribution in [0.5, 0.6) is 0 Å². The molecule has 0 unspecified atom stereocenters. The van der Waals surface area contributed by atoms with E-state index in [4.69, 9.17) is 10.7 Å². The van der Waals surface area contributed by atoms with Gasteiger partial charge in [-0.2, -0.15) is 5.10 Å². The lowest BCUT2D eigenvalue weighted by Gasteiger charge is -2.21. The average molecular weight is 337 g/mol. The van der Waals surface area contributed by atoms with E-state index < -0.39 is 0 Å². The molecule has 25 heavy (non-hydrogen) atoms. The van der Waals surface area contributed by atoms with E-state index in [1.807, 2.05) is 12.1 Å². The van der Waals surface area contributed by atoms with Crippen molar-refractivity contribution < 1.29 is 5.11 Å². The topological polar surface area (TPSA) is 99.9 Å². The number of hydrogen-bond acceptors (Lipinski definition) is 5. The van der Waals surface area contributed by atoms with Crippen molar-refractivity contribution in [3.8, 4) is 11.3 Å². The monoisotopic (exact) mass is 337 g/mol. The molecule has 1 aliphatic rings. The Morgan fingerprint density at radius 3 is 2.80 bits per heavy atom. The molecule has 1 aromatic carbocycles. The number of aliphatic hydroxyl groups is 1. The zero-order valence-corrected chi connectivity index (χ0v) is 14.1. The number of nitrogens with two attached hydrogens (primary N) is 1. The molecule has 2 aromatic heterocycles. The molecule has 1 aliphatic carbocycles. The lowest BCUT2D eigenvalue weighted by atomic mass is 9.93. The van der Waals surface area contributed by atoms with E-state index in [1.165, 1.54) is 12.8 Å². The Bertz CT molecular complexity index is 869. The fourth-order valence-electron chi connectivity index (χ4n) is 3.88. The first kappa shape index (κ1) is 15.9. The number of nitrogens with zero attached hydrogens (tertiary/aromatic N) is 2. The van der Waals surface area contributed by atoms with E-state index in [-0.39, 0.29) is 6.61 Å². The van der Waals surface area contributed by atoms with Gasteiger partial charge in [-0.3, -0.25) is 5.10 Å². The number of nitrogens with one attached hydrogen (secondary N) is 2. The highest BCUT2D eigenvalue weighted by atomic mass is 16.3. The minimum atomic E-state index is 0.0834. The Balaban J connectivity index is 1.87. The quantitative estimate of drug-likeness (QED) is 0.572. The molecule has 6 nitrogen and oxygen atoms in total. The van der Waals surface area contributed by atoms with Gasteiger partial charge in [0.25, 0.3) is 0 Å². The summed E-state index contributed by atoms with van der Waals surface area (Å²) in [7, 11) is 0. The number of aromatic amines is 1. The Morgan fingerprint density at radius 1 is 1.24 bits per heavy atom. The Hall–Kier alpha value is -2.60. The van der Waals surface area contributed by atoms with Gasteiger partial charge in [0, 0.05) is 29.3 Å². The zero-order chi connectivity index (χ0) is 17.2. The first-order valence-corrected chi connectivity index (χ1v) is 8.85. The maximum atomic E-state index is 9.27. The number of hydrogen-bond donors (Lipinski definition) is 4. The summed E-state index contributed by atoms with van der Waals surface area (Å²) in [6, 6.07) is 8.11. The minimum absolute atomic E-state index is 0.0834. The van der Waals surface area contributed by atoms with Crippen molar-refractivity contribution in [2.45, 2.75) is 31.6 Å². The predicted molar refractivity (Wildman–Crippen MR) is 101 cm³/mol. The summed E-state index contributed by atoms with van der Waals surface area (Å²) in [5.41, 5.74) is 11.4. The Morgan fingerprint density at radius 2 is 2.08 bits per heavy atom. The van der Waals surface area contributed by atoms with Crippen LogP contribution in [0.15, 0.2) is 30.5 Å². The SMILES string of the molecule is Nc1nc2cc(-c3ccn[nH]3)ccc2c(NCCO)c1C1CCCC1. The van der Waals surface area contributed by atoms with Crippen molar-refractivity contribution in [1.82, 2.24) is 15.2 Å². The molecule has 6 heteroatoms. The Labute approximate surface area is 146 Å². The number of anilines is 2. The third-order valence-corrected chi connectivity index (χ3v) is 5.04. The smallest absolute Gasteiger partial charge is 0.129 e. The van der Waals surface area contributed by atoms with E-state index >= 15 is 0 Å². The maximum Gasteiger partial charge on any atom is 0.129 e. The second-order valence-corrected chi connectivity index (χ2v) is 6.62. The zero-order valence-electron chi connectivity index (χ0n) is 14.1. The molecule has 5 N–H and O–H groups in total. The van der Waals surface area contributed by atoms with Crippen LogP contribution in [-0.2, 0) is 0 Å². The second-order valence-electron chi connectivity index (χ2n) is 6.62. The fourth-order valence-corrected chi connectivity index (χ4v) is 3.88. The molecule has 1 saturated carbocycles. The number of rotatable bonds is 5. The number of nitrogen functional groups attached to an aromatic ring is 1. The molecule has 0 spiro atoms. The van der Waals surface area contributed by atoms with Crippen LogP contribution in [-0.4, -0.2) is 33.4 Å². The molecule has 130 valence electrons. The van der Waals surface area contributed by atoms with Gasteiger partial charge in [-0.1, -0.05) is 25.0 Å². The molecule has 3 aromatic rings. The molecule has 0 atom stereocenters.